The normalized spacial score (nSPS) is 15.4. The quantitative estimate of drug-likeness (QED) is 0.682. The van der Waals surface area contributed by atoms with Crippen molar-refractivity contribution in [3.8, 4) is 0 Å². The third kappa shape index (κ3) is 5.40. The highest BCUT2D eigenvalue weighted by molar-refractivity contribution is 7.89. The van der Waals surface area contributed by atoms with Crippen LogP contribution in [0.15, 0.2) is 59.5 Å². The summed E-state index contributed by atoms with van der Waals surface area (Å²) in [5.41, 5.74) is 1.88. The van der Waals surface area contributed by atoms with Gasteiger partial charge >= 0.3 is 5.97 Å². The molecule has 0 aliphatic carbocycles. The topological polar surface area (TPSA) is 63.7 Å². The zero-order chi connectivity index (χ0) is 19.1. The Kier molecular flexibility index (Phi) is 6.63. The van der Waals surface area contributed by atoms with Gasteiger partial charge in [-0.1, -0.05) is 48.9 Å². The van der Waals surface area contributed by atoms with Crippen LogP contribution in [0, 0.1) is 0 Å². The number of esters is 1. The number of rotatable bonds is 7. The van der Waals surface area contributed by atoms with E-state index in [-0.39, 0.29) is 19.0 Å². The Morgan fingerprint density at radius 1 is 0.889 bits per heavy atom. The predicted molar refractivity (Wildman–Crippen MR) is 104 cm³/mol. The number of aryl methyl sites for hydroxylation is 1. The van der Waals surface area contributed by atoms with Gasteiger partial charge in [-0.2, -0.15) is 4.31 Å². The second-order valence-corrected chi connectivity index (χ2v) is 8.69. The van der Waals surface area contributed by atoms with E-state index in [4.69, 9.17) is 4.74 Å². The van der Waals surface area contributed by atoms with E-state index in [9.17, 15) is 13.2 Å². The van der Waals surface area contributed by atoms with Crippen molar-refractivity contribution in [1.29, 1.82) is 0 Å². The molecule has 0 atom stereocenters. The lowest BCUT2D eigenvalue weighted by atomic mass is 10.1. The Hall–Kier alpha value is -2.18. The first-order valence-electron chi connectivity index (χ1n) is 9.34. The van der Waals surface area contributed by atoms with Crippen LogP contribution in [-0.4, -0.2) is 31.8 Å². The summed E-state index contributed by atoms with van der Waals surface area (Å²) in [7, 11) is -3.41. The fourth-order valence-corrected chi connectivity index (χ4v) is 4.66. The maximum atomic E-state index is 12.6. The van der Waals surface area contributed by atoms with Gasteiger partial charge in [-0.05, 0) is 42.5 Å². The summed E-state index contributed by atoms with van der Waals surface area (Å²) in [6, 6.07) is 16.4. The van der Waals surface area contributed by atoms with E-state index >= 15 is 0 Å². The molecule has 144 valence electrons. The van der Waals surface area contributed by atoms with Gasteiger partial charge in [0.1, 0.15) is 6.61 Å². The van der Waals surface area contributed by atoms with Gasteiger partial charge in [-0.15, -0.1) is 0 Å². The highest BCUT2D eigenvalue weighted by Gasteiger charge is 2.25. The molecule has 0 radical (unpaired) electrons. The highest BCUT2D eigenvalue weighted by atomic mass is 32.2. The molecule has 0 N–H and O–H groups in total. The monoisotopic (exact) mass is 387 g/mol. The summed E-state index contributed by atoms with van der Waals surface area (Å²) < 4.78 is 32.1. The molecule has 0 saturated carbocycles. The Balaban J connectivity index is 1.50. The fourth-order valence-electron chi connectivity index (χ4n) is 3.14. The average Bonchev–Trinajstić information content (AvgIpc) is 2.72. The third-order valence-corrected chi connectivity index (χ3v) is 6.65. The second-order valence-electron chi connectivity index (χ2n) is 6.75. The van der Waals surface area contributed by atoms with E-state index in [2.05, 4.69) is 0 Å². The van der Waals surface area contributed by atoms with E-state index in [1.54, 1.807) is 28.6 Å². The van der Waals surface area contributed by atoms with Crippen molar-refractivity contribution < 1.29 is 17.9 Å². The Bertz CT molecular complexity index is 842. The van der Waals surface area contributed by atoms with Crippen LogP contribution >= 0.6 is 0 Å². The highest BCUT2D eigenvalue weighted by Crippen LogP contribution is 2.21. The summed E-state index contributed by atoms with van der Waals surface area (Å²) in [6.45, 7) is 1.46. The second kappa shape index (κ2) is 9.15. The van der Waals surface area contributed by atoms with Crippen molar-refractivity contribution in [2.75, 3.05) is 13.1 Å². The van der Waals surface area contributed by atoms with Crippen molar-refractivity contribution in [2.24, 2.45) is 0 Å². The number of benzene rings is 2. The molecule has 5 nitrogen and oxygen atoms in total. The molecule has 0 spiro atoms. The van der Waals surface area contributed by atoms with Crippen LogP contribution < -0.4 is 0 Å². The van der Waals surface area contributed by atoms with Crippen LogP contribution in [0.5, 0.6) is 0 Å². The summed E-state index contributed by atoms with van der Waals surface area (Å²) in [5.74, 6) is -0.260. The first kappa shape index (κ1) is 19.6. The first-order chi connectivity index (χ1) is 13.1. The number of piperidine rings is 1. The smallest absolute Gasteiger partial charge is 0.306 e. The number of sulfonamides is 1. The number of carbonyl (C=O) groups is 1. The molecular weight excluding hydrogens is 362 g/mol. The lowest BCUT2D eigenvalue weighted by Gasteiger charge is -2.25. The molecule has 1 saturated heterocycles. The first-order valence-corrected chi connectivity index (χ1v) is 10.8. The van der Waals surface area contributed by atoms with Gasteiger partial charge in [0.15, 0.2) is 0 Å². The maximum absolute atomic E-state index is 12.6. The van der Waals surface area contributed by atoms with E-state index < -0.39 is 10.0 Å². The lowest BCUT2D eigenvalue weighted by Crippen LogP contribution is -2.35. The SMILES string of the molecule is O=C(CCc1ccc(S(=O)(=O)N2CCCCC2)cc1)OCc1ccccc1. The minimum Gasteiger partial charge on any atom is -0.461 e. The van der Waals surface area contributed by atoms with Crippen LogP contribution in [0.3, 0.4) is 0 Å². The Morgan fingerprint density at radius 3 is 2.22 bits per heavy atom. The van der Waals surface area contributed by atoms with Gasteiger partial charge in [0.25, 0.3) is 0 Å². The van der Waals surface area contributed by atoms with Crippen molar-refractivity contribution in [3.05, 3.63) is 65.7 Å². The zero-order valence-electron chi connectivity index (χ0n) is 15.3. The molecule has 0 bridgehead atoms. The Labute approximate surface area is 161 Å². The minimum atomic E-state index is -3.41. The number of nitrogens with zero attached hydrogens (tertiary/aromatic N) is 1. The summed E-state index contributed by atoms with van der Waals surface area (Å²) in [5, 5.41) is 0. The van der Waals surface area contributed by atoms with Crippen LogP contribution in [0.2, 0.25) is 0 Å². The zero-order valence-corrected chi connectivity index (χ0v) is 16.2. The molecular formula is C21H25NO4S. The summed E-state index contributed by atoms with van der Waals surface area (Å²) in [4.78, 5) is 12.2. The van der Waals surface area contributed by atoms with Crippen LogP contribution in [0.25, 0.3) is 0 Å². The van der Waals surface area contributed by atoms with Gasteiger partial charge in [0, 0.05) is 19.5 Å². The molecule has 1 aliphatic rings. The molecule has 1 heterocycles. The van der Waals surface area contributed by atoms with Crippen LogP contribution in [0.4, 0.5) is 0 Å². The number of ether oxygens (including phenoxy) is 1. The van der Waals surface area contributed by atoms with Gasteiger partial charge in [-0.3, -0.25) is 4.79 Å². The predicted octanol–water partition coefficient (Wildman–Crippen LogP) is 3.54. The third-order valence-electron chi connectivity index (χ3n) is 4.74. The number of hydrogen-bond acceptors (Lipinski definition) is 4. The van der Waals surface area contributed by atoms with Crippen molar-refractivity contribution in [3.63, 3.8) is 0 Å². The summed E-state index contributed by atoms with van der Waals surface area (Å²) >= 11 is 0. The molecule has 6 heteroatoms. The molecule has 1 aliphatic heterocycles. The van der Waals surface area contributed by atoms with Gasteiger partial charge < -0.3 is 4.74 Å². The molecule has 3 rings (SSSR count). The van der Waals surface area contributed by atoms with Crippen molar-refractivity contribution >= 4 is 16.0 Å². The maximum Gasteiger partial charge on any atom is 0.306 e. The van der Waals surface area contributed by atoms with Crippen LogP contribution in [-0.2, 0) is 32.6 Å². The molecule has 2 aromatic rings. The van der Waals surface area contributed by atoms with Crippen molar-refractivity contribution in [1.82, 2.24) is 4.31 Å². The minimum absolute atomic E-state index is 0.260. The van der Waals surface area contributed by atoms with Gasteiger partial charge in [0.2, 0.25) is 10.0 Å². The van der Waals surface area contributed by atoms with E-state index in [0.29, 0.717) is 24.4 Å². The van der Waals surface area contributed by atoms with Crippen molar-refractivity contribution in [2.45, 2.75) is 43.6 Å². The molecule has 0 unspecified atom stereocenters. The fraction of sp³-hybridized carbons (Fsp3) is 0.381. The molecule has 0 amide bonds. The van der Waals surface area contributed by atoms with Gasteiger partial charge in [-0.25, -0.2) is 8.42 Å². The Morgan fingerprint density at radius 2 is 1.56 bits per heavy atom. The summed E-state index contributed by atoms with van der Waals surface area (Å²) in [6.07, 6.45) is 3.72. The largest absolute Gasteiger partial charge is 0.461 e. The van der Waals surface area contributed by atoms with Gasteiger partial charge in [0.05, 0.1) is 4.90 Å². The number of hydrogen-bond donors (Lipinski definition) is 0. The number of carbonyl (C=O) groups excluding carboxylic acids is 1. The molecule has 2 aromatic carbocycles. The van der Waals surface area contributed by atoms with E-state index in [0.717, 1.165) is 30.4 Å². The van der Waals surface area contributed by atoms with E-state index in [1.807, 2.05) is 30.3 Å². The standard InChI is InChI=1S/C21H25NO4S/c23-21(26-17-19-7-3-1-4-8-19)14-11-18-9-12-20(13-10-18)27(24,25)22-15-5-2-6-16-22/h1,3-4,7-10,12-13H,2,5-6,11,14-17H2. The van der Waals surface area contributed by atoms with E-state index in [1.165, 1.54) is 0 Å². The van der Waals surface area contributed by atoms with Crippen LogP contribution in [0.1, 0.15) is 36.8 Å². The molecule has 1 fully saturated rings. The lowest BCUT2D eigenvalue weighted by molar-refractivity contribution is -0.144. The molecule has 0 aromatic heterocycles. The average molecular weight is 388 g/mol. The molecule has 27 heavy (non-hydrogen) atoms.